The van der Waals surface area contributed by atoms with E-state index in [0.717, 1.165) is 21.9 Å². The van der Waals surface area contributed by atoms with Crippen LogP contribution in [0.25, 0.3) is 10.8 Å². The number of piperidine rings is 2. The zero-order valence-corrected chi connectivity index (χ0v) is 26.4. The fourth-order valence-corrected chi connectivity index (χ4v) is 6.56. The highest BCUT2D eigenvalue weighted by Gasteiger charge is 2.46. The Hall–Kier alpha value is -4.98. The highest BCUT2D eigenvalue weighted by atomic mass is 16.3. The molecule has 2 bridgehead atoms. The second-order valence-corrected chi connectivity index (χ2v) is 13.4. The number of benzene rings is 4. The molecule has 4 aromatic rings. The largest absolute Gasteiger partial charge is 0.508 e. The second kappa shape index (κ2) is 12.4. The molecule has 8 nitrogen and oxygen atoms in total. The van der Waals surface area contributed by atoms with Crippen molar-refractivity contribution >= 4 is 34.3 Å². The van der Waals surface area contributed by atoms with Crippen molar-refractivity contribution in [2.24, 2.45) is 0 Å². The van der Waals surface area contributed by atoms with Crippen LogP contribution in [0.15, 0.2) is 91.0 Å². The smallest absolute Gasteiger partial charge is 0.254 e. The summed E-state index contributed by atoms with van der Waals surface area (Å²) in [7, 11) is 0. The molecule has 8 heteroatoms. The number of hydrogen-bond donors (Lipinski definition) is 2. The number of nitrogens with zero attached hydrogens (tertiary/aromatic N) is 2. The summed E-state index contributed by atoms with van der Waals surface area (Å²) in [6.07, 6.45) is 1.08. The van der Waals surface area contributed by atoms with Crippen molar-refractivity contribution in [2.75, 3.05) is 13.1 Å². The van der Waals surface area contributed by atoms with Crippen molar-refractivity contribution in [1.29, 1.82) is 0 Å². The van der Waals surface area contributed by atoms with Crippen LogP contribution in [0.1, 0.15) is 65.5 Å². The highest BCUT2D eigenvalue weighted by molar-refractivity contribution is 6.03. The first-order valence-corrected chi connectivity index (χ1v) is 15.8. The minimum Gasteiger partial charge on any atom is -0.508 e. The van der Waals surface area contributed by atoms with Gasteiger partial charge in [-0.15, -0.1) is 0 Å². The predicted octanol–water partition coefficient (Wildman–Crippen LogP) is 5.27. The fraction of sp³-hybridized carbons (Fsp3) is 0.316. The summed E-state index contributed by atoms with van der Waals surface area (Å²) in [6, 6.07) is 25.5. The van der Waals surface area contributed by atoms with E-state index in [1.165, 1.54) is 0 Å². The van der Waals surface area contributed by atoms with E-state index in [1.807, 2.05) is 48.5 Å². The first-order chi connectivity index (χ1) is 22.0. The van der Waals surface area contributed by atoms with Crippen molar-refractivity contribution in [1.82, 2.24) is 15.1 Å². The van der Waals surface area contributed by atoms with Crippen LogP contribution in [0.5, 0.6) is 5.75 Å². The fourth-order valence-electron chi connectivity index (χ4n) is 6.56. The average molecular weight is 618 g/mol. The summed E-state index contributed by atoms with van der Waals surface area (Å²) in [6.45, 7) is 6.53. The Kier molecular flexibility index (Phi) is 8.38. The molecule has 2 N–H and O–H groups in total. The van der Waals surface area contributed by atoms with Crippen LogP contribution in [0, 0.1) is 0 Å². The van der Waals surface area contributed by atoms with Crippen molar-refractivity contribution in [3.8, 4) is 5.75 Å². The number of phenols is 1. The van der Waals surface area contributed by atoms with Crippen molar-refractivity contribution in [3.05, 3.63) is 113 Å². The van der Waals surface area contributed by atoms with E-state index < -0.39 is 12.1 Å². The summed E-state index contributed by atoms with van der Waals surface area (Å²) >= 11 is 0. The summed E-state index contributed by atoms with van der Waals surface area (Å²) in [5.74, 6) is -0.982. The molecular weight excluding hydrogens is 578 g/mol. The van der Waals surface area contributed by atoms with Gasteiger partial charge in [-0.3, -0.25) is 19.2 Å². The highest BCUT2D eigenvalue weighted by Crippen LogP contribution is 2.30. The number of carbonyl (C=O) groups is 4. The standard InChI is InChI=1S/C38H39N3O5/c1-38(2,3)29-14-12-26(13-15-29)35(44)39-32(20-24-8-16-31(42)17-9-24)37(46)40-19-18-30-22-33(40)34(43)23-41(30)36(45)28-11-10-25-6-4-5-7-27(25)21-28/h4-17,21,30,32-33,42H,18-20,22-23H2,1-3H3,(H,39,44)/t30-,32+,33?/m1/s1. The van der Waals surface area contributed by atoms with E-state index in [0.29, 0.717) is 30.5 Å². The maximum absolute atomic E-state index is 14.2. The molecule has 236 valence electrons. The van der Waals surface area contributed by atoms with Gasteiger partial charge in [-0.2, -0.15) is 0 Å². The Labute approximate surface area is 269 Å². The Morgan fingerprint density at radius 3 is 2.24 bits per heavy atom. The number of phenolic OH excluding ortho intramolecular Hbond substituents is 1. The van der Waals surface area contributed by atoms with E-state index in [2.05, 4.69) is 26.1 Å². The maximum atomic E-state index is 14.2. The van der Waals surface area contributed by atoms with Crippen molar-refractivity contribution in [2.45, 2.75) is 63.6 Å². The first kappa shape index (κ1) is 31.0. The molecular formula is C38H39N3O5. The Morgan fingerprint density at radius 1 is 0.870 bits per heavy atom. The lowest BCUT2D eigenvalue weighted by Crippen LogP contribution is -2.65. The maximum Gasteiger partial charge on any atom is 0.254 e. The number of amides is 3. The van der Waals surface area contributed by atoms with Gasteiger partial charge in [0.2, 0.25) is 5.91 Å². The number of fused-ring (bicyclic) bond motifs is 3. The van der Waals surface area contributed by atoms with Crippen molar-refractivity contribution < 1.29 is 24.3 Å². The number of hydrogen-bond acceptors (Lipinski definition) is 5. The van der Waals surface area contributed by atoms with Gasteiger partial charge in [0.1, 0.15) is 11.8 Å². The molecule has 2 aliphatic rings. The Bertz CT molecular complexity index is 1790. The Morgan fingerprint density at radius 2 is 1.54 bits per heavy atom. The Balaban J connectivity index is 1.20. The molecule has 4 aromatic carbocycles. The SMILES string of the molecule is CC(C)(C)c1ccc(C(=O)N[C@@H](Cc2ccc(O)cc2)C(=O)N2CC[C@@H]3CC2C(=O)CN3C(=O)c2ccc3ccccc3c2)cc1. The predicted molar refractivity (Wildman–Crippen MR) is 177 cm³/mol. The van der Waals surface area contributed by atoms with Crippen LogP contribution in [-0.2, 0) is 21.4 Å². The number of ketones is 1. The van der Waals surface area contributed by atoms with Gasteiger partial charge in [0.05, 0.1) is 12.6 Å². The second-order valence-electron chi connectivity index (χ2n) is 13.4. The minimum atomic E-state index is -0.930. The summed E-state index contributed by atoms with van der Waals surface area (Å²) in [5.41, 5.74) is 2.76. The van der Waals surface area contributed by atoms with Crippen LogP contribution in [0.4, 0.5) is 0 Å². The molecule has 0 aromatic heterocycles. The number of nitrogens with one attached hydrogen (secondary N) is 1. The third-order valence-electron chi connectivity index (χ3n) is 9.25. The number of aromatic hydroxyl groups is 1. The zero-order valence-electron chi connectivity index (χ0n) is 26.4. The minimum absolute atomic E-state index is 0.0688. The lowest BCUT2D eigenvalue weighted by atomic mass is 9.86. The van der Waals surface area contributed by atoms with Crippen LogP contribution in [0.2, 0.25) is 0 Å². The molecule has 2 fully saturated rings. The molecule has 0 radical (unpaired) electrons. The number of carbonyl (C=O) groups excluding carboxylic acids is 4. The van der Waals surface area contributed by atoms with E-state index in [1.54, 1.807) is 52.3 Å². The number of rotatable bonds is 6. The van der Waals surface area contributed by atoms with Gasteiger partial charge in [-0.1, -0.05) is 75.4 Å². The molecule has 0 saturated carbocycles. The molecule has 2 heterocycles. The lowest BCUT2D eigenvalue weighted by molar-refractivity contribution is -0.147. The summed E-state index contributed by atoms with van der Waals surface area (Å²) < 4.78 is 0. The van der Waals surface area contributed by atoms with Gasteiger partial charge in [0, 0.05) is 30.1 Å². The van der Waals surface area contributed by atoms with Crippen molar-refractivity contribution in [3.63, 3.8) is 0 Å². The molecule has 0 spiro atoms. The third kappa shape index (κ3) is 6.38. The van der Waals surface area contributed by atoms with Gasteiger partial charge < -0.3 is 20.2 Å². The number of Topliss-reactive ketones (excluding diaryl/α,β-unsaturated/α-hetero) is 1. The lowest BCUT2D eigenvalue weighted by Gasteiger charge is -2.48. The van der Waals surface area contributed by atoms with Gasteiger partial charge in [0.25, 0.3) is 11.8 Å². The van der Waals surface area contributed by atoms with E-state index in [9.17, 15) is 24.3 Å². The van der Waals surface area contributed by atoms with E-state index >= 15 is 0 Å². The van der Waals surface area contributed by atoms with E-state index in [-0.39, 0.29) is 53.7 Å². The zero-order chi connectivity index (χ0) is 32.6. The first-order valence-electron chi connectivity index (χ1n) is 15.8. The molecule has 6 rings (SSSR count). The summed E-state index contributed by atoms with van der Waals surface area (Å²) in [5, 5.41) is 14.7. The van der Waals surface area contributed by atoms with Gasteiger partial charge >= 0.3 is 0 Å². The number of likely N-dealkylation sites (tertiary alicyclic amines) is 2. The van der Waals surface area contributed by atoms with Crippen LogP contribution >= 0.6 is 0 Å². The van der Waals surface area contributed by atoms with Crippen LogP contribution in [-0.4, -0.2) is 69.6 Å². The van der Waals surface area contributed by atoms with Gasteiger partial charge in [0.15, 0.2) is 5.78 Å². The van der Waals surface area contributed by atoms with Crippen LogP contribution in [0.3, 0.4) is 0 Å². The molecule has 3 amide bonds. The molecule has 0 aliphatic carbocycles. The third-order valence-corrected chi connectivity index (χ3v) is 9.25. The average Bonchev–Trinajstić information content (AvgIpc) is 3.06. The quantitative estimate of drug-likeness (QED) is 0.307. The monoisotopic (exact) mass is 617 g/mol. The molecule has 2 aliphatic heterocycles. The van der Waals surface area contributed by atoms with Gasteiger partial charge in [-0.05, 0) is 76.6 Å². The topological polar surface area (TPSA) is 107 Å². The normalized spacial score (nSPS) is 18.7. The molecule has 2 saturated heterocycles. The molecule has 3 atom stereocenters. The van der Waals surface area contributed by atoms with Gasteiger partial charge in [-0.25, -0.2) is 0 Å². The summed E-state index contributed by atoms with van der Waals surface area (Å²) in [4.78, 5) is 58.0. The van der Waals surface area contributed by atoms with Crippen LogP contribution < -0.4 is 5.32 Å². The molecule has 1 unspecified atom stereocenters. The molecule has 46 heavy (non-hydrogen) atoms. The van der Waals surface area contributed by atoms with E-state index in [4.69, 9.17) is 0 Å².